The molecule has 3 nitrogen and oxygen atoms in total. The molecule has 0 atom stereocenters. The summed E-state index contributed by atoms with van der Waals surface area (Å²) in [5, 5.41) is 1.91. The number of carbonyl (C=O) groups excluding carboxylic acids is 1. The van der Waals surface area contributed by atoms with E-state index in [1.54, 1.807) is 18.4 Å². The molecule has 0 radical (unpaired) electrons. The molecule has 0 spiro atoms. The number of hydrogen-bond donors (Lipinski definition) is 0. The number of thiazole rings is 1. The van der Waals surface area contributed by atoms with Gasteiger partial charge in [-0.15, -0.1) is 11.3 Å². The third-order valence-electron chi connectivity index (χ3n) is 2.43. The van der Waals surface area contributed by atoms with Crippen molar-refractivity contribution < 1.29 is 13.9 Å². The van der Waals surface area contributed by atoms with Crippen LogP contribution in [0.2, 0.25) is 0 Å². The molecule has 0 aliphatic rings. The molecule has 0 amide bonds. The van der Waals surface area contributed by atoms with E-state index in [2.05, 4.69) is 4.98 Å². The van der Waals surface area contributed by atoms with Gasteiger partial charge in [-0.05, 0) is 25.5 Å². The minimum Gasteiger partial charge on any atom is -0.461 e. The summed E-state index contributed by atoms with van der Waals surface area (Å²) < 4.78 is 18.6. The molecule has 0 aliphatic carbocycles. The van der Waals surface area contributed by atoms with E-state index in [4.69, 9.17) is 4.74 Å². The van der Waals surface area contributed by atoms with Crippen LogP contribution in [0.3, 0.4) is 0 Å². The Bertz CT molecular complexity index is 560. The van der Waals surface area contributed by atoms with Gasteiger partial charge in [-0.25, -0.2) is 14.2 Å². The number of halogens is 1. The van der Waals surface area contributed by atoms with Crippen LogP contribution in [0.5, 0.6) is 0 Å². The van der Waals surface area contributed by atoms with E-state index >= 15 is 0 Å². The Morgan fingerprint density at radius 3 is 2.94 bits per heavy atom. The first-order valence-electron chi connectivity index (χ1n) is 5.51. The van der Waals surface area contributed by atoms with Crippen molar-refractivity contribution in [3.05, 3.63) is 40.0 Å². The first-order chi connectivity index (χ1) is 8.63. The van der Waals surface area contributed by atoms with E-state index in [0.29, 0.717) is 17.9 Å². The molecule has 0 aliphatic heterocycles. The highest BCUT2D eigenvalue weighted by Gasteiger charge is 2.16. The molecule has 5 heteroatoms. The van der Waals surface area contributed by atoms with Gasteiger partial charge in [0.2, 0.25) is 5.01 Å². The summed E-state index contributed by atoms with van der Waals surface area (Å²) in [6.45, 7) is 3.84. The fourth-order valence-corrected chi connectivity index (χ4v) is 2.33. The van der Waals surface area contributed by atoms with E-state index in [-0.39, 0.29) is 10.8 Å². The van der Waals surface area contributed by atoms with E-state index in [1.165, 1.54) is 6.07 Å². The maximum absolute atomic E-state index is 13.7. The number of carbonyl (C=O) groups is 1. The maximum atomic E-state index is 13.7. The zero-order valence-corrected chi connectivity index (χ0v) is 10.9. The minimum atomic E-state index is -0.470. The van der Waals surface area contributed by atoms with Gasteiger partial charge < -0.3 is 4.74 Å². The second-order valence-electron chi connectivity index (χ2n) is 3.69. The van der Waals surface area contributed by atoms with Crippen LogP contribution >= 0.6 is 11.3 Å². The number of ether oxygens (including phenoxy) is 1. The van der Waals surface area contributed by atoms with E-state index in [0.717, 1.165) is 16.9 Å². The van der Waals surface area contributed by atoms with Gasteiger partial charge in [0.15, 0.2) is 0 Å². The van der Waals surface area contributed by atoms with Crippen molar-refractivity contribution in [2.45, 2.75) is 13.8 Å². The third-order valence-corrected chi connectivity index (χ3v) is 3.25. The van der Waals surface area contributed by atoms with Gasteiger partial charge in [0.05, 0.1) is 12.3 Å². The SMILES string of the molecule is CCOC(=O)c1nc(-c2c(C)cccc2F)cs1. The summed E-state index contributed by atoms with van der Waals surface area (Å²) in [6.07, 6.45) is 0. The molecule has 2 aromatic rings. The lowest BCUT2D eigenvalue weighted by Gasteiger charge is -2.03. The van der Waals surface area contributed by atoms with Crippen LogP contribution in [0.1, 0.15) is 22.3 Å². The minimum absolute atomic E-state index is 0.245. The lowest BCUT2D eigenvalue weighted by molar-refractivity contribution is 0.0526. The van der Waals surface area contributed by atoms with Crippen LogP contribution in [-0.4, -0.2) is 17.6 Å². The highest BCUT2D eigenvalue weighted by molar-refractivity contribution is 7.11. The quantitative estimate of drug-likeness (QED) is 0.798. The Morgan fingerprint density at radius 2 is 2.28 bits per heavy atom. The molecule has 1 aromatic heterocycles. The first kappa shape index (κ1) is 12.7. The monoisotopic (exact) mass is 265 g/mol. The summed E-state index contributed by atoms with van der Waals surface area (Å²) in [5.41, 5.74) is 1.69. The smallest absolute Gasteiger partial charge is 0.367 e. The van der Waals surface area contributed by atoms with Crippen LogP contribution in [0.15, 0.2) is 23.6 Å². The highest BCUT2D eigenvalue weighted by atomic mass is 32.1. The summed E-state index contributed by atoms with van der Waals surface area (Å²) in [4.78, 5) is 15.6. The largest absolute Gasteiger partial charge is 0.461 e. The molecule has 0 bridgehead atoms. The summed E-state index contributed by atoms with van der Waals surface area (Å²) in [5.74, 6) is -0.807. The summed E-state index contributed by atoms with van der Waals surface area (Å²) in [7, 11) is 0. The molecule has 0 saturated carbocycles. The molecule has 1 aromatic carbocycles. The van der Waals surface area contributed by atoms with Gasteiger partial charge in [-0.3, -0.25) is 0 Å². The second kappa shape index (κ2) is 5.27. The predicted molar refractivity (Wildman–Crippen MR) is 68.2 cm³/mol. The lowest BCUT2D eigenvalue weighted by Crippen LogP contribution is -2.03. The lowest BCUT2D eigenvalue weighted by atomic mass is 10.1. The van der Waals surface area contributed by atoms with E-state index in [1.807, 2.05) is 13.0 Å². The van der Waals surface area contributed by atoms with E-state index < -0.39 is 5.97 Å². The maximum Gasteiger partial charge on any atom is 0.367 e. The standard InChI is InChI=1S/C13H12FNO2S/c1-3-17-13(16)12-15-10(7-18-12)11-8(2)5-4-6-9(11)14/h4-7H,3H2,1-2H3. The number of esters is 1. The van der Waals surface area contributed by atoms with Crippen LogP contribution in [0.25, 0.3) is 11.3 Å². The molecule has 94 valence electrons. The van der Waals surface area contributed by atoms with Crippen LogP contribution < -0.4 is 0 Å². The topological polar surface area (TPSA) is 39.2 Å². The molecule has 0 fully saturated rings. The molecular formula is C13H12FNO2S. The van der Waals surface area contributed by atoms with Crippen molar-refractivity contribution in [1.82, 2.24) is 4.98 Å². The Balaban J connectivity index is 2.38. The van der Waals surface area contributed by atoms with Crippen LogP contribution in [0, 0.1) is 12.7 Å². The summed E-state index contributed by atoms with van der Waals surface area (Å²) in [6, 6.07) is 4.83. The van der Waals surface area contributed by atoms with Crippen LogP contribution in [0.4, 0.5) is 4.39 Å². The molecule has 0 N–H and O–H groups in total. The number of nitrogens with zero attached hydrogens (tertiary/aromatic N) is 1. The fourth-order valence-electron chi connectivity index (χ4n) is 1.63. The zero-order valence-electron chi connectivity index (χ0n) is 10.1. The molecular weight excluding hydrogens is 253 g/mol. The Morgan fingerprint density at radius 1 is 1.50 bits per heavy atom. The van der Waals surface area contributed by atoms with Gasteiger partial charge in [-0.1, -0.05) is 12.1 Å². The first-order valence-corrected chi connectivity index (χ1v) is 6.39. The van der Waals surface area contributed by atoms with Gasteiger partial charge in [-0.2, -0.15) is 0 Å². The Hall–Kier alpha value is -1.75. The van der Waals surface area contributed by atoms with Gasteiger partial charge >= 0.3 is 5.97 Å². The van der Waals surface area contributed by atoms with Crippen molar-refractivity contribution >= 4 is 17.3 Å². The molecule has 0 unspecified atom stereocenters. The number of hydrogen-bond acceptors (Lipinski definition) is 4. The van der Waals surface area contributed by atoms with E-state index in [9.17, 15) is 9.18 Å². The molecule has 1 heterocycles. The molecule has 2 rings (SSSR count). The number of aromatic nitrogens is 1. The number of aryl methyl sites for hydroxylation is 1. The zero-order chi connectivity index (χ0) is 13.1. The van der Waals surface area contributed by atoms with Crippen molar-refractivity contribution in [3.63, 3.8) is 0 Å². The van der Waals surface area contributed by atoms with Crippen molar-refractivity contribution in [2.75, 3.05) is 6.61 Å². The number of benzene rings is 1. The molecule has 18 heavy (non-hydrogen) atoms. The average molecular weight is 265 g/mol. The highest BCUT2D eigenvalue weighted by Crippen LogP contribution is 2.27. The normalized spacial score (nSPS) is 10.4. The van der Waals surface area contributed by atoms with Crippen molar-refractivity contribution in [3.8, 4) is 11.3 Å². The Kier molecular flexibility index (Phi) is 3.72. The van der Waals surface area contributed by atoms with Gasteiger partial charge in [0.1, 0.15) is 5.82 Å². The summed E-state index contributed by atoms with van der Waals surface area (Å²) >= 11 is 1.16. The van der Waals surface area contributed by atoms with Gasteiger partial charge in [0.25, 0.3) is 0 Å². The van der Waals surface area contributed by atoms with Crippen molar-refractivity contribution in [1.29, 1.82) is 0 Å². The Labute approximate surface area is 108 Å². The van der Waals surface area contributed by atoms with Gasteiger partial charge in [0, 0.05) is 10.9 Å². The predicted octanol–water partition coefficient (Wildman–Crippen LogP) is 3.43. The number of rotatable bonds is 3. The van der Waals surface area contributed by atoms with Crippen LogP contribution in [-0.2, 0) is 4.74 Å². The fraction of sp³-hybridized carbons (Fsp3) is 0.231. The average Bonchev–Trinajstić information content (AvgIpc) is 2.78. The third kappa shape index (κ3) is 2.41. The molecule has 0 saturated heterocycles. The van der Waals surface area contributed by atoms with Crippen molar-refractivity contribution in [2.24, 2.45) is 0 Å². The second-order valence-corrected chi connectivity index (χ2v) is 4.55.